The van der Waals surface area contributed by atoms with Crippen LogP contribution in [0.3, 0.4) is 0 Å². The number of aromatic amines is 1. The van der Waals surface area contributed by atoms with E-state index in [4.69, 9.17) is 0 Å². The molecular formula is C31H36N6. The van der Waals surface area contributed by atoms with Crippen LogP contribution in [0, 0.1) is 5.92 Å². The molecule has 4 aromatic rings. The lowest BCUT2D eigenvalue weighted by Gasteiger charge is -2.25. The maximum absolute atomic E-state index is 4.18. The molecule has 0 fully saturated rings. The van der Waals surface area contributed by atoms with E-state index in [2.05, 4.69) is 118 Å². The number of rotatable bonds is 10. The summed E-state index contributed by atoms with van der Waals surface area (Å²) in [7, 11) is 0. The van der Waals surface area contributed by atoms with Crippen molar-refractivity contribution in [2.75, 3.05) is 13.2 Å². The van der Waals surface area contributed by atoms with Crippen LogP contribution in [0.5, 0.6) is 0 Å². The second kappa shape index (κ2) is 11.4. The Hall–Kier alpha value is -3.93. The van der Waals surface area contributed by atoms with Gasteiger partial charge in [-0.1, -0.05) is 92.7 Å². The highest BCUT2D eigenvalue weighted by molar-refractivity contribution is 5.80. The van der Waals surface area contributed by atoms with Crippen LogP contribution in [-0.4, -0.2) is 43.6 Å². The zero-order chi connectivity index (χ0) is 25.6. The van der Waals surface area contributed by atoms with E-state index >= 15 is 0 Å². The van der Waals surface area contributed by atoms with E-state index < -0.39 is 0 Å². The minimum absolute atomic E-state index is 0.614. The van der Waals surface area contributed by atoms with E-state index in [0.717, 1.165) is 49.3 Å². The van der Waals surface area contributed by atoms with Gasteiger partial charge >= 0.3 is 0 Å². The third kappa shape index (κ3) is 5.91. The molecule has 1 aliphatic rings. The van der Waals surface area contributed by atoms with Gasteiger partial charge in [-0.15, -0.1) is 10.2 Å². The molecular weight excluding hydrogens is 456 g/mol. The number of nitrogens with zero attached hydrogens (tertiary/aromatic N) is 5. The van der Waals surface area contributed by atoms with E-state index in [1.807, 2.05) is 12.1 Å². The largest absolute Gasteiger partial charge is 0.356 e. The van der Waals surface area contributed by atoms with Crippen LogP contribution >= 0.6 is 0 Å². The topological polar surface area (TPSA) is 60.9 Å². The summed E-state index contributed by atoms with van der Waals surface area (Å²) >= 11 is 0. The van der Waals surface area contributed by atoms with Gasteiger partial charge in [-0.25, -0.2) is 0 Å². The molecule has 6 heteroatoms. The molecule has 3 aromatic carbocycles. The molecule has 1 N–H and O–H groups in total. The summed E-state index contributed by atoms with van der Waals surface area (Å²) in [4.78, 5) is 5.13. The maximum atomic E-state index is 4.18. The number of aromatic nitrogens is 4. The smallest absolute Gasteiger partial charge is 0.205 e. The highest BCUT2D eigenvalue weighted by Gasteiger charge is 2.26. The predicted octanol–water partition coefficient (Wildman–Crippen LogP) is 6.52. The first kappa shape index (κ1) is 24.8. The quantitative estimate of drug-likeness (QED) is 0.273. The Kier molecular flexibility index (Phi) is 7.64. The highest BCUT2D eigenvalue weighted by atomic mass is 15.5. The second-order valence-corrected chi connectivity index (χ2v) is 10.3. The summed E-state index contributed by atoms with van der Waals surface area (Å²) < 4.78 is 0. The standard InChI is InChI=1S/C31H36N6/c1-23(2)13-18-30-24(3)36(20-19-25-9-5-4-6-10-25)22-37(30)21-26-14-16-27(17-15-26)28-11-7-8-12-29(28)31-32-34-35-33-31/h4-12,14-17,23H,13,18-22H2,1-3H3,(H,32,33,34,35). The highest BCUT2D eigenvalue weighted by Crippen LogP contribution is 2.32. The van der Waals surface area contributed by atoms with Gasteiger partial charge in [-0.2, -0.15) is 5.21 Å². The van der Waals surface area contributed by atoms with E-state index in [0.29, 0.717) is 11.7 Å². The molecule has 1 aromatic heterocycles. The number of hydrogen-bond donors (Lipinski definition) is 1. The summed E-state index contributed by atoms with van der Waals surface area (Å²) in [6.07, 6.45) is 3.40. The van der Waals surface area contributed by atoms with Crippen molar-refractivity contribution in [1.82, 2.24) is 30.4 Å². The number of tetrazole rings is 1. The normalized spacial score (nSPS) is 13.7. The van der Waals surface area contributed by atoms with Gasteiger partial charge in [0.25, 0.3) is 0 Å². The van der Waals surface area contributed by atoms with Crippen molar-refractivity contribution >= 4 is 0 Å². The molecule has 0 saturated heterocycles. The number of H-pyrrole nitrogens is 1. The van der Waals surface area contributed by atoms with Gasteiger partial charge in [0.2, 0.25) is 5.82 Å². The molecule has 5 rings (SSSR count). The predicted molar refractivity (Wildman–Crippen MR) is 149 cm³/mol. The lowest BCUT2D eigenvalue weighted by molar-refractivity contribution is 0.238. The summed E-state index contributed by atoms with van der Waals surface area (Å²) in [6.45, 7) is 9.84. The zero-order valence-electron chi connectivity index (χ0n) is 22.1. The van der Waals surface area contributed by atoms with Crippen LogP contribution in [-0.2, 0) is 13.0 Å². The number of benzene rings is 3. The summed E-state index contributed by atoms with van der Waals surface area (Å²) in [5.41, 5.74) is 8.89. The fourth-order valence-electron chi connectivity index (χ4n) is 5.08. The Morgan fingerprint density at radius 1 is 0.811 bits per heavy atom. The van der Waals surface area contributed by atoms with E-state index in [9.17, 15) is 0 Å². The van der Waals surface area contributed by atoms with Crippen LogP contribution in [0.1, 0.15) is 44.7 Å². The first-order chi connectivity index (χ1) is 18.1. The third-order valence-electron chi connectivity index (χ3n) is 7.24. The monoisotopic (exact) mass is 492 g/mol. The SMILES string of the molecule is CC1=C(CCC(C)C)N(Cc2ccc(-c3ccccc3-c3nn[nH]n3)cc2)CN1CCc1ccccc1. The van der Waals surface area contributed by atoms with Crippen molar-refractivity contribution in [2.24, 2.45) is 5.92 Å². The second-order valence-electron chi connectivity index (χ2n) is 10.3. The molecule has 1 aliphatic heterocycles. The summed E-state index contributed by atoms with van der Waals surface area (Å²) in [5.74, 6) is 1.31. The molecule has 0 bridgehead atoms. The molecule has 37 heavy (non-hydrogen) atoms. The van der Waals surface area contributed by atoms with Gasteiger partial charge < -0.3 is 9.80 Å². The van der Waals surface area contributed by atoms with Gasteiger partial charge in [-0.05, 0) is 59.6 Å². The lowest BCUT2D eigenvalue weighted by atomic mass is 9.98. The van der Waals surface area contributed by atoms with Gasteiger partial charge in [0.15, 0.2) is 0 Å². The Bertz CT molecular complexity index is 1310. The molecule has 190 valence electrons. The van der Waals surface area contributed by atoms with E-state index in [1.54, 1.807) is 0 Å². The fourth-order valence-corrected chi connectivity index (χ4v) is 5.08. The van der Waals surface area contributed by atoms with Crippen LogP contribution in [0.15, 0.2) is 90.3 Å². The van der Waals surface area contributed by atoms with Crippen molar-refractivity contribution < 1.29 is 0 Å². The molecule has 0 amide bonds. The Morgan fingerprint density at radius 2 is 1.54 bits per heavy atom. The maximum Gasteiger partial charge on any atom is 0.205 e. The average Bonchev–Trinajstić information content (AvgIpc) is 3.56. The molecule has 0 spiro atoms. The Balaban J connectivity index is 1.31. The van der Waals surface area contributed by atoms with Crippen molar-refractivity contribution in [3.63, 3.8) is 0 Å². The average molecular weight is 493 g/mol. The van der Waals surface area contributed by atoms with E-state index in [-0.39, 0.29) is 0 Å². The summed E-state index contributed by atoms with van der Waals surface area (Å²) in [5, 5.41) is 14.7. The lowest BCUT2D eigenvalue weighted by Crippen LogP contribution is -2.29. The van der Waals surface area contributed by atoms with Crippen LogP contribution in [0.4, 0.5) is 0 Å². The van der Waals surface area contributed by atoms with Gasteiger partial charge in [0, 0.05) is 30.0 Å². The van der Waals surface area contributed by atoms with E-state index in [1.165, 1.54) is 28.9 Å². The molecule has 0 radical (unpaired) electrons. The number of nitrogens with one attached hydrogen (secondary N) is 1. The fraction of sp³-hybridized carbons (Fsp3) is 0.323. The third-order valence-corrected chi connectivity index (χ3v) is 7.24. The summed E-state index contributed by atoms with van der Waals surface area (Å²) in [6, 6.07) is 27.9. The first-order valence-electron chi connectivity index (χ1n) is 13.2. The molecule has 0 saturated carbocycles. The minimum Gasteiger partial charge on any atom is -0.356 e. The van der Waals surface area contributed by atoms with Crippen LogP contribution in [0.25, 0.3) is 22.5 Å². The molecule has 6 nitrogen and oxygen atoms in total. The van der Waals surface area contributed by atoms with Gasteiger partial charge in [0.1, 0.15) is 0 Å². The van der Waals surface area contributed by atoms with Crippen LogP contribution < -0.4 is 0 Å². The van der Waals surface area contributed by atoms with Gasteiger partial charge in [-0.3, -0.25) is 0 Å². The van der Waals surface area contributed by atoms with Crippen molar-refractivity contribution in [3.05, 3.63) is 101 Å². The minimum atomic E-state index is 0.614. The molecule has 0 aliphatic carbocycles. The van der Waals surface area contributed by atoms with Crippen molar-refractivity contribution in [1.29, 1.82) is 0 Å². The molecule has 0 atom stereocenters. The van der Waals surface area contributed by atoms with Crippen molar-refractivity contribution in [3.8, 4) is 22.5 Å². The van der Waals surface area contributed by atoms with Gasteiger partial charge in [0.05, 0.1) is 6.67 Å². The van der Waals surface area contributed by atoms with Crippen LogP contribution in [0.2, 0.25) is 0 Å². The molecule has 0 unspecified atom stereocenters. The molecule has 2 heterocycles. The van der Waals surface area contributed by atoms with Crippen molar-refractivity contribution in [2.45, 2.75) is 46.6 Å². The Morgan fingerprint density at radius 3 is 2.24 bits per heavy atom. The zero-order valence-corrected chi connectivity index (χ0v) is 22.1. The first-order valence-corrected chi connectivity index (χ1v) is 13.2. The number of hydrogen-bond acceptors (Lipinski definition) is 5. The number of allylic oxidation sites excluding steroid dienone is 2. The Labute approximate surface area is 220 Å².